The molecule has 1 rings (SSSR count). The van der Waals surface area contributed by atoms with Crippen molar-refractivity contribution in [2.75, 3.05) is 32.0 Å². The lowest BCUT2D eigenvalue weighted by molar-refractivity contribution is -0.384. The summed E-state index contributed by atoms with van der Waals surface area (Å²) < 4.78 is 0. The molecule has 1 amide bonds. The Hall–Kier alpha value is -2.15. The standard InChI is InChI=1S/C14H22N4O3/c1-4-15-13-7-6-12(18(20)21)8-11(13)9-17(3)10-14(19)16-5-2/h6-8,15H,4-5,9-10H2,1-3H3,(H,16,19). The maximum absolute atomic E-state index is 11.6. The summed E-state index contributed by atoms with van der Waals surface area (Å²) >= 11 is 0. The van der Waals surface area contributed by atoms with Crippen molar-refractivity contribution in [3.8, 4) is 0 Å². The summed E-state index contributed by atoms with van der Waals surface area (Å²) in [5.74, 6) is -0.0598. The molecule has 7 heteroatoms. The van der Waals surface area contributed by atoms with Gasteiger partial charge in [0.25, 0.3) is 5.69 Å². The highest BCUT2D eigenvalue weighted by Gasteiger charge is 2.13. The van der Waals surface area contributed by atoms with E-state index in [1.54, 1.807) is 12.1 Å². The molecular formula is C14H22N4O3. The van der Waals surface area contributed by atoms with Gasteiger partial charge in [-0.2, -0.15) is 0 Å². The smallest absolute Gasteiger partial charge is 0.269 e. The molecule has 0 aliphatic rings. The zero-order valence-electron chi connectivity index (χ0n) is 12.7. The van der Waals surface area contributed by atoms with E-state index in [1.807, 2.05) is 25.8 Å². The van der Waals surface area contributed by atoms with Crippen LogP contribution in [0.3, 0.4) is 0 Å². The summed E-state index contributed by atoms with van der Waals surface area (Å²) in [6.45, 7) is 5.85. The number of rotatable bonds is 8. The molecule has 0 saturated carbocycles. The normalized spacial score (nSPS) is 10.5. The average Bonchev–Trinajstić information content (AvgIpc) is 2.40. The van der Waals surface area contributed by atoms with E-state index in [9.17, 15) is 14.9 Å². The van der Waals surface area contributed by atoms with Crippen molar-refractivity contribution >= 4 is 17.3 Å². The SMILES string of the molecule is CCNC(=O)CN(C)Cc1cc([N+](=O)[O-])ccc1NCC. The Morgan fingerprint density at radius 2 is 2.05 bits per heavy atom. The molecule has 7 nitrogen and oxygen atoms in total. The van der Waals surface area contributed by atoms with Gasteiger partial charge in [-0.25, -0.2) is 0 Å². The van der Waals surface area contributed by atoms with Gasteiger partial charge in [0.05, 0.1) is 11.5 Å². The topological polar surface area (TPSA) is 87.5 Å². The molecule has 0 radical (unpaired) electrons. The Balaban J connectivity index is 2.85. The fraction of sp³-hybridized carbons (Fsp3) is 0.500. The van der Waals surface area contributed by atoms with E-state index in [2.05, 4.69) is 10.6 Å². The molecule has 0 saturated heterocycles. The number of benzene rings is 1. The number of anilines is 1. The van der Waals surface area contributed by atoms with Gasteiger partial charge in [-0.15, -0.1) is 0 Å². The van der Waals surface area contributed by atoms with E-state index in [4.69, 9.17) is 0 Å². The molecule has 0 bridgehead atoms. The monoisotopic (exact) mass is 294 g/mol. The number of hydrogen-bond donors (Lipinski definition) is 2. The molecule has 0 spiro atoms. The van der Waals surface area contributed by atoms with Crippen LogP contribution >= 0.6 is 0 Å². The summed E-state index contributed by atoms with van der Waals surface area (Å²) in [5.41, 5.74) is 1.71. The van der Waals surface area contributed by atoms with Crippen molar-refractivity contribution in [1.82, 2.24) is 10.2 Å². The van der Waals surface area contributed by atoms with Crippen molar-refractivity contribution in [2.24, 2.45) is 0 Å². The Morgan fingerprint density at radius 1 is 1.33 bits per heavy atom. The summed E-state index contributed by atoms with van der Waals surface area (Å²) in [6, 6.07) is 4.73. The van der Waals surface area contributed by atoms with Crippen LogP contribution in [0.4, 0.5) is 11.4 Å². The molecule has 0 unspecified atom stereocenters. The number of nitro groups is 1. The Morgan fingerprint density at radius 3 is 2.62 bits per heavy atom. The predicted octanol–water partition coefficient (Wildman–Crippen LogP) is 1.59. The Labute approximate surface area is 124 Å². The van der Waals surface area contributed by atoms with E-state index in [0.717, 1.165) is 17.8 Å². The summed E-state index contributed by atoms with van der Waals surface area (Å²) in [7, 11) is 1.81. The van der Waals surface area contributed by atoms with Gasteiger partial charge in [0.15, 0.2) is 0 Å². The summed E-state index contributed by atoms with van der Waals surface area (Å²) in [6.07, 6.45) is 0. The van der Waals surface area contributed by atoms with Gasteiger partial charge in [0.1, 0.15) is 0 Å². The Kier molecular flexibility index (Phi) is 6.61. The van der Waals surface area contributed by atoms with Crippen LogP contribution in [-0.2, 0) is 11.3 Å². The number of likely N-dealkylation sites (N-methyl/N-ethyl adjacent to an activating group) is 2. The second kappa shape index (κ2) is 8.21. The zero-order valence-corrected chi connectivity index (χ0v) is 12.7. The number of non-ortho nitro benzene ring substituents is 1. The van der Waals surface area contributed by atoms with E-state index in [-0.39, 0.29) is 18.1 Å². The minimum absolute atomic E-state index is 0.0538. The molecular weight excluding hydrogens is 272 g/mol. The van der Waals surface area contributed by atoms with Crippen molar-refractivity contribution in [1.29, 1.82) is 0 Å². The zero-order chi connectivity index (χ0) is 15.8. The second-order valence-corrected chi connectivity index (χ2v) is 4.75. The second-order valence-electron chi connectivity index (χ2n) is 4.75. The number of carbonyl (C=O) groups excluding carboxylic acids is 1. The van der Waals surface area contributed by atoms with E-state index >= 15 is 0 Å². The van der Waals surface area contributed by atoms with Crippen molar-refractivity contribution in [3.63, 3.8) is 0 Å². The minimum atomic E-state index is -0.414. The van der Waals surface area contributed by atoms with Gasteiger partial charge in [-0.05, 0) is 32.5 Å². The molecule has 21 heavy (non-hydrogen) atoms. The molecule has 0 aliphatic heterocycles. The van der Waals surface area contributed by atoms with E-state index < -0.39 is 4.92 Å². The van der Waals surface area contributed by atoms with Crippen LogP contribution in [0, 0.1) is 10.1 Å². The third kappa shape index (κ3) is 5.39. The molecule has 0 atom stereocenters. The number of nitro benzene ring substituents is 1. The molecule has 0 heterocycles. The minimum Gasteiger partial charge on any atom is -0.385 e. The van der Waals surface area contributed by atoms with Crippen molar-refractivity contribution in [3.05, 3.63) is 33.9 Å². The van der Waals surface area contributed by atoms with Crippen LogP contribution in [-0.4, -0.2) is 42.4 Å². The summed E-state index contributed by atoms with van der Waals surface area (Å²) in [5, 5.41) is 16.8. The fourth-order valence-electron chi connectivity index (χ4n) is 2.03. The van der Waals surface area contributed by atoms with Gasteiger partial charge in [0, 0.05) is 37.5 Å². The first kappa shape index (κ1) is 16.9. The Bertz CT molecular complexity index is 505. The van der Waals surface area contributed by atoms with Gasteiger partial charge in [0.2, 0.25) is 5.91 Å². The lowest BCUT2D eigenvalue weighted by Crippen LogP contribution is -2.34. The van der Waals surface area contributed by atoms with Gasteiger partial charge in [-0.3, -0.25) is 19.8 Å². The first-order valence-corrected chi connectivity index (χ1v) is 6.94. The predicted molar refractivity (Wildman–Crippen MR) is 82.3 cm³/mol. The van der Waals surface area contributed by atoms with Crippen LogP contribution < -0.4 is 10.6 Å². The molecule has 116 valence electrons. The lowest BCUT2D eigenvalue weighted by atomic mass is 10.1. The van der Waals surface area contributed by atoms with Gasteiger partial charge in [-0.1, -0.05) is 0 Å². The van der Waals surface area contributed by atoms with Crippen LogP contribution in [0.25, 0.3) is 0 Å². The van der Waals surface area contributed by atoms with Crippen LogP contribution in [0.1, 0.15) is 19.4 Å². The highest BCUT2D eigenvalue weighted by molar-refractivity contribution is 5.77. The van der Waals surface area contributed by atoms with Crippen molar-refractivity contribution in [2.45, 2.75) is 20.4 Å². The van der Waals surface area contributed by atoms with Gasteiger partial charge < -0.3 is 10.6 Å². The number of hydrogen-bond acceptors (Lipinski definition) is 5. The number of nitrogens with zero attached hydrogens (tertiary/aromatic N) is 2. The molecule has 1 aromatic carbocycles. The molecule has 2 N–H and O–H groups in total. The maximum Gasteiger partial charge on any atom is 0.269 e. The highest BCUT2D eigenvalue weighted by Crippen LogP contribution is 2.23. The third-order valence-corrected chi connectivity index (χ3v) is 2.89. The van der Waals surface area contributed by atoms with Crippen LogP contribution in [0.2, 0.25) is 0 Å². The van der Waals surface area contributed by atoms with E-state index in [0.29, 0.717) is 13.1 Å². The van der Waals surface area contributed by atoms with Crippen LogP contribution in [0.15, 0.2) is 18.2 Å². The molecule has 1 aromatic rings. The molecule has 0 aliphatic carbocycles. The molecule has 0 aromatic heterocycles. The fourth-order valence-corrected chi connectivity index (χ4v) is 2.03. The summed E-state index contributed by atoms with van der Waals surface area (Å²) in [4.78, 5) is 23.8. The van der Waals surface area contributed by atoms with Crippen LogP contribution in [0.5, 0.6) is 0 Å². The highest BCUT2D eigenvalue weighted by atomic mass is 16.6. The average molecular weight is 294 g/mol. The lowest BCUT2D eigenvalue weighted by Gasteiger charge is -2.18. The number of amides is 1. The van der Waals surface area contributed by atoms with E-state index in [1.165, 1.54) is 6.07 Å². The first-order valence-electron chi connectivity index (χ1n) is 6.94. The van der Waals surface area contributed by atoms with Gasteiger partial charge >= 0.3 is 0 Å². The van der Waals surface area contributed by atoms with Crippen molar-refractivity contribution < 1.29 is 9.72 Å². The number of carbonyl (C=O) groups is 1. The first-order chi connectivity index (χ1) is 9.97. The largest absolute Gasteiger partial charge is 0.385 e. The third-order valence-electron chi connectivity index (χ3n) is 2.89. The molecule has 0 fully saturated rings. The maximum atomic E-state index is 11.6. The number of nitrogens with one attached hydrogen (secondary N) is 2. The quantitative estimate of drug-likeness (QED) is 0.561.